The lowest BCUT2D eigenvalue weighted by Crippen LogP contribution is -2.62. The van der Waals surface area contributed by atoms with Gasteiger partial charge in [-0.2, -0.15) is 5.06 Å². The van der Waals surface area contributed by atoms with Gasteiger partial charge in [-0.15, -0.1) is 0 Å². The number of aliphatic hydroxyl groups is 1. The zero-order valence-electron chi connectivity index (χ0n) is 31.4. The molecular weight excluding hydrogens is 638 g/mol. The second kappa shape index (κ2) is 15.1. The van der Waals surface area contributed by atoms with E-state index in [0.717, 1.165) is 40.8 Å². The van der Waals surface area contributed by atoms with Crippen molar-refractivity contribution in [2.75, 3.05) is 32.1 Å². The van der Waals surface area contributed by atoms with Crippen LogP contribution < -0.4 is 21.3 Å². The van der Waals surface area contributed by atoms with Crippen LogP contribution >= 0.6 is 0 Å². The number of amides is 2. The average Bonchev–Trinajstić information content (AvgIpc) is 3.48. The smallest absolute Gasteiger partial charge is 0.251 e. The first-order valence-corrected chi connectivity index (χ1v) is 18.7. The Morgan fingerprint density at radius 2 is 1.82 bits per heavy atom. The molecule has 2 amide bonds. The van der Waals surface area contributed by atoms with Crippen molar-refractivity contribution in [3.05, 3.63) is 89.0 Å². The highest BCUT2D eigenvalue weighted by molar-refractivity contribution is 5.97. The fourth-order valence-electron chi connectivity index (χ4n) is 9.09. The zero-order chi connectivity index (χ0) is 36.6. The van der Waals surface area contributed by atoms with Crippen molar-refractivity contribution < 1.29 is 19.5 Å². The van der Waals surface area contributed by atoms with E-state index in [0.29, 0.717) is 41.8 Å². The van der Waals surface area contributed by atoms with E-state index < -0.39 is 24.2 Å². The number of carbonyl (C=O) groups is 2. The lowest BCUT2D eigenvalue weighted by molar-refractivity contribution is -0.175. The topological polar surface area (TPSA) is 120 Å². The van der Waals surface area contributed by atoms with Crippen LogP contribution in [0.5, 0.6) is 0 Å². The average molecular weight is 696 g/mol. The number of nitrogens with one attached hydrogen (secondary N) is 2. The van der Waals surface area contributed by atoms with E-state index >= 15 is 0 Å². The highest BCUT2D eigenvalue weighted by Crippen LogP contribution is 2.61. The van der Waals surface area contributed by atoms with Crippen LogP contribution in [0.1, 0.15) is 67.6 Å². The van der Waals surface area contributed by atoms with Gasteiger partial charge in [0.05, 0.1) is 18.8 Å². The highest BCUT2D eigenvalue weighted by Gasteiger charge is 2.57. The molecule has 3 aromatic rings. The molecule has 5 N–H and O–H groups in total. The first-order valence-electron chi connectivity index (χ1n) is 18.7. The van der Waals surface area contributed by atoms with Crippen molar-refractivity contribution in [2.45, 2.75) is 84.7 Å². The van der Waals surface area contributed by atoms with Crippen LogP contribution in [0.4, 0.5) is 5.69 Å². The van der Waals surface area contributed by atoms with Crippen LogP contribution in [0.25, 0.3) is 11.1 Å². The van der Waals surface area contributed by atoms with E-state index in [1.807, 2.05) is 55.4 Å². The monoisotopic (exact) mass is 695 g/mol. The summed E-state index contributed by atoms with van der Waals surface area (Å²) in [7, 11) is 3.94. The summed E-state index contributed by atoms with van der Waals surface area (Å²) in [5, 5.41) is 19.2. The quantitative estimate of drug-likeness (QED) is 0.202. The number of aliphatic hydroxyl groups excluding tert-OH is 1. The van der Waals surface area contributed by atoms with Crippen molar-refractivity contribution in [3.8, 4) is 11.1 Å². The van der Waals surface area contributed by atoms with Gasteiger partial charge in [-0.25, -0.2) is 0 Å². The van der Waals surface area contributed by atoms with Gasteiger partial charge in [-0.05, 0) is 102 Å². The Morgan fingerprint density at radius 3 is 2.47 bits per heavy atom. The number of carbonyl (C=O) groups excluding carboxylic acids is 2. The van der Waals surface area contributed by atoms with E-state index in [9.17, 15) is 14.7 Å². The summed E-state index contributed by atoms with van der Waals surface area (Å²) in [6.45, 7) is 11.9. The van der Waals surface area contributed by atoms with Gasteiger partial charge in [0.25, 0.3) is 5.91 Å². The summed E-state index contributed by atoms with van der Waals surface area (Å²) in [6, 6.07) is 21.6. The first-order chi connectivity index (χ1) is 24.3. The Kier molecular flexibility index (Phi) is 10.9. The number of hydroxylamine groups is 2. The number of benzene rings is 3. The molecule has 8 atom stereocenters. The van der Waals surface area contributed by atoms with E-state index in [4.69, 9.17) is 10.6 Å². The molecule has 1 heterocycles. The Bertz CT molecular complexity index is 1710. The molecule has 9 heteroatoms. The van der Waals surface area contributed by atoms with Crippen LogP contribution in [0, 0.1) is 36.0 Å². The van der Waals surface area contributed by atoms with Crippen molar-refractivity contribution in [2.24, 2.45) is 34.8 Å². The fourth-order valence-corrected chi connectivity index (χ4v) is 9.09. The largest absolute Gasteiger partial charge is 0.393 e. The predicted octanol–water partition coefficient (Wildman–Crippen LogP) is 5.33. The molecule has 0 radical (unpaired) electrons. The number of nitrogens with zero attached hydrogens (tertiary/aromatic N) is 2. The summed E-state index contributed by atoms with van der Waals surface area (Å²) >= 11 is 0. The molecule has 0 spiro atoms. The van der Waals surface area contributed by atoms with Crippen LogP contribution in [-0.4, -0.2) is 73.5 Å². The molecule has 4 aliphatic rings. The summed E-state index contributed by atoms with van der Waals surface area (Å²) in [5.41, 5.74) is 13.1. The molecule has 4 fully saturated rings. The van der Waals surface area contributed by atoms with Gasteiger partial charge in [-0.3, -0.25) is 14.4 Å². The standard InChI is InChI=1S/C42H57N5O4/c1-25-29(14-11-15-34(25)30-18-31(20-33(19-30)46(6)7)40(49)44-17-16-28-12-9-8-10-13-28)24-47-39(38(27(3)48)37(23-43)51-47)41(50)45-36-22-32-21-35(26(36)2)42(32,4)5/h8-15,18-20,26-27,32,35-39,48H,16-17,21-24,43H2,1-7H3,(H,44,49)(H,45,50)/t26-,27-,32+,35-,36?,37-,38+,39-/m0/s1. The number of nitrogens with two attached hydrogens (primary N) is 1. The predicted molar refractivity (Wildman–Crippen MR) is 203 cm³/mol. The lowest BCUT2D eigenvalue weighted by Gasteiger charge is -2.62. The number of hydrogen-bond donors (Lipinski definition) is 4. The van der Waals surface area contributed by atoms with E-state index in [1.165, 1.54) is 12.0 Å². The fraction of sp³-hybridized carbons (Fsp3) is 0.524. The third-order valence-electron chi connectivity index (χ3n) is 12.4. The molecule has 1 saturated heterocycles. The maximum atomic E-state index is 14.2. The summed E-state index contributed by atoms with van der Waals surface area (Å²) < 4.78 is 0. The van der Waals surface area contributed by atoms with E-state index in [-0.39, 0.29) is 24.4 Å². The summed E-state index contributed by atoms with van der Waals surface area (Å²) in [6.07, 6.45) is 1.70. The van der Waals surface area contributed by atoms with Gasteiger partial charge in [0.2, 0.25) is 5.91 Å². The maximum Gasteiger partial charge on any atom is 0.251 e. The van der Waals surface area contributed by atoms with E-state index in [2.05, 4.69) is 68.7 Å². The van der Waals surface area contributed by atoms with E-state index in [1.54, 1.807) is 12.0 Å². The van der Waals surface area contributed by atoms with Crippen molar-refractivity contribution in [1.29, 1.82) is 0 Å². The molecule has 1 unspecified atom stereocenters. The molecule has 0 aromatic heterocycles. The first kappa shape index (κ1) is 37.0. The van der Waals surface area contributed by atoms with Crippen LogP contribution in [0.2, 0.25) is 0 Å². The molecule has 7 rings (SSSR count). The van der Waals surface area contributed by atoms with Crippen molar-refractivity contribution in [1.82, 2.24) is 15.7 Å². The zero-order valence-corrected chi connectivity index (χ0v) is 31.4. The highest BCUT2D eigenvalue weighted by atomic mass is 16.7. The lowest BCUT2D eigenvalue weighted by atomic mass is 9.45. The Hall–Kier alpha value is -3.76. The molecule has 51 heavy (non-hydrogen) atoms. The summed E-state index contributed by atoms with van der Waals surface area (Å²) in [4.78, 5) is 36.0. The molecule has 3 aliphatic carbocycles. The summed E-state index contributed by atoms with van der Waals surface area (Å²) in [5.74, 6) is 0.897. The van der Waals surface area contributed by atoms with Gasteiger partial charge < -0.3 is 26.4 Å². The number of fused-ring (bicyclic) bond motifs is 2. The Labute approximate surface area is 303 Å². The van der Waals surface area contributed by atoms with Gasteiger partial charge in [0.1, 0.15) is 6.04 Å². The Balaban J connectivity index is 1.24. The second-order valence-corrected chi connectivity index (χ2v) is 16.0. The van der Waals surface area contributed by atoms with Crippen LogP contribution in [0.3, 0.4) is 0 Å². The normalized spacial score (nSPS) is 27.4. The molecule has 1 aliphatic heterocycles. The third kappa shape index (κ3) is 7.45. The van der Waals surface area contributed by atoms with Crippen molar-refractivity contribution >= 4 is 17.5 Å². The minimum absolute atomic E-state index is 0.0986. The molecule has 3 aromatic carbocycles. The Morgan fingerprint density at radius 1 is 1.08 bits per heavy atom. The number of anilines is 1. The molecule has 3 saturated carbocycles. The molecular formula is C42H57N5O4. The molecule has 9 nitrogen and oxygen atoms in total. The maximum absolute atomic E-state index is 14.2. The van der Waals surface area contributed by atoms with Gasteiger partial charge in [-0.1, -0.05) is 69.3 Å². The minimum Gasteiger partial charge on any atom is -0.393 e. The van der Waals surface area contributed by atoms with Crippen molar-refractivity contribution in [3.63, 3.8) is 0 Å². The van der Waals surface area contributed by atoms with Gasteiger partial charge in [0.15, 0.2) is 0 Å². The van der Waals surface area contributed by atoms with Gasteiger partial charge >= 0.3 is 0 Å². The molecule has 2 bridgehead atoms. The van der Waals surface area contributed by atoms with Gasteiger partial charge in [0, 0.05) is 50.4 Å². The SMILES string of the molecule is Cc1c(CN2O[C@@H](CN)[C@@H]([C@H](C)O)[C@H]2C(=O)NC2C[C@H]3C[C@@H]([C@@H]2C)C3(C)C)cccc1-c1cc(C(=O)NCCc2ccccc2)cc(N(C)C)c1. The third-order valence-corrected chi connectivity index (χ3v) is 12.4. The second-order valence-electron chi connectivity index (χ2n) is 16.0. The van der Waals surface area contributed by atoms with Crippen LogP contribution in [0.15, 0.2) is 66.7 Å². The number of hydrogen-bond acceptors (Lipinski definition) is 7. The molecule has 274 valence electrons. The van der Waals surface area contributed by atoms with Crippen LogP contribution in [-0.2, 0) is 22.6 Å². The number of rotatable bonds is 12. The minimum atomic E-state index is -0.783.